The zero-order chi connectivity index (χ0) is 24.4. The summed E-state index contributed by atoms with van der Waals surface area (Å²) in [7, 11) is 5.14. The fourth-order valence-electron chi connectivity index (χ4n) is 3.87. The molecular formula is C26H25N7O2. The molecule has 0 unspecified atom stereocenters. The molecule has 35 heavy (non-hydrogen) atoms. The topological polar surface area (TPSA) is 104 Å². The molecule has 0 amide bonds. The zero-order valence-electron chi connectivity index (χ0n) is 19.7. The van der Waals surface area contributed by atoms with Gasteiger partial charge in [0, 0.05) is 54.6 Å². The van der Waals surface area contributed by atoms with Crippen molar-refractivity contribution in [2.75, 3.05) is 24.9 Å². The quantitative estimate of drug-likeness (QED) is 0.376. The molecule has 0 atom stereocenters. The predicted octanol–water partition coefficient (Wildman–Crippen LogP) is 4.36. The maximum atomic E-state index is 6.25. The van der Waals surface area contributed by atoms with E-state index in [1.54, 1.807) is 37.5 Å². The summed E-state index contributed by atoms with van der Waals surface area (Å²) in [6.07, 6.45) is 7.19. The van der Waals surface area contributed by atoms with Gasteiger partial charge in [-0.15, -0.1) is 0 Å². The third-order valence-corrected chi connectivity index (χ3v) is 5.72. The number of pyridine rings is 1. The van der Waals surface area contributed by atoms with Crippen LogP contribution in [0.3, 0.4) is 0 Å². The Labute approximate surface area is 202 Å². The molecule has 0 fully saturated rings. The van der Waals surface area contributed by atoms with E-state index in [9.17, 15) is 0 Å². The van der Waals surface area contributed by atoms with Crippen molar-refractivity contribution in [3.8, 4) is 22.8 Å². The summed E-state index contributed by atoms with van der Waals surface area (Å²) in [6, 6.07) is 15.4. The highest BCUT2D eigenvalue weighted by atomic mass is 16.5. The molecule has 3 aromatic heterocycles. The summed E-state index contributed by atoms with van der Waals surface area (Å²) >= 11 is 0. The van der Waals surface area contributed by atoms with Gasteiger partial charge in [-0.2, -0.15) is 5.10 Å². The second-order valence-electron chi connectivity index (χ2n) is 8.03. The Balaban J connectivity index is 1.63. The standard InChI is InChI=1S/C26H25N7O2/c1-32-15-17(13-30-32)25-14-29-23-7-6-18(11-24(23)31-25)33(16-26-22(27)5-4-8-28-26)19-9-20(34-2)12-21(10-19)35-3/h4-15H,16,27H2,1-3H3. The number of nitrogens with zero attached hydrogens (tertiary/aromatic N) is 6. The van der Waals surface area contributed by atoms with E-state index in [0.717, 1.165) is 39.4 Å². The Morgan fingerprint density at radius 3 is 2.40 bits per heavy atom. The van der Waals surface area contributed by atoms with E-state index < -0.39 is 0 Å². The number of nitrogen functional groups attached to an aromatic ring is 1. The lowest BCUT2D eigenvalue weighted by Gasteiger charge is -2.26. The largest absolute Gasteiger partial charge is 0.497 e. The number of aryl methyl sites for hydroxylation is 1. The first-order chi connectivity index (χ1) is 17.0. The second-order valence-corrected chi connectivity index (χ2v) is 8.03. The third kappa shape index (κ3) is 4.56. The Hall–Kier alpha value is -4.66. The smallest absolute Gasteiger partial charge is 0.124 e. The van der Waals surface area contributed by atoms with Crippen molar-refractivity contribution in [1.82, 2.24) is 24.7 Å². The van der Waals surface area contributed by atoms with E-state index >= 15 is 0 Å². The Morgan fingerprint density at radius 1 is 0.914 bits per heavy atom. The highest BCUT2D eigenvalue weighted by Crippen LogP contribution is 2.35. The lowest BCUT2D eigenvalue weighted by molar-refractivity contribution is 0.394. The van der Waals surface area contributed by atoms with Crippen LogP contribution in [0.5, 0.6) is 11.5 Å². The molecule has 0 bridgehead atoms. The van der Waals surface area contributed by atoms with E-state index in [2.05, 4.69) is 20.0 Å². The number of hydrogen-bond acceptors (Lipinski definition) is 8. The van der Waals surface area contributed by atoms with Crippen LogP contribution in [0.2, 0.25) is 0 Å². The summed E-state index contributed by atoms with van der Waals surface area (Å²) in [6.45, 7) is 0.435. The van der Waals surface area contributed by atoms with Gasteiger partial charge < -0.3 is 20.1 Å². The van der Waals surface area contributed by atoms with Crippen molar-refractivity contribution >= 4 is 28.1 Å². The Morgan fingerprint density at radius 2 is 1.71 bits per heavy atom. The number of aromatic nitrogens is 5. The number of nitrogens with two attached hydrogens (primary N) is 1. The molecule has 9 nitrogen and oxygen atoms in total. The normalized spacial score (nSPS) is 10.9. The first-order valence-corrected chi connectivity index (χ1v) is 11.0. The molecule has 0 radical (unpaired) electrons. The fourth-order valence-corrected chi connectivity index (χ4v) is 3.87. The minimum absolute atomic E-state index is 0.435. The highest BCUT2D eigenvalue weighted by molar-refractivity contribution is 5.82. The van der Waals surface area contributed by atoms with Gasteiger partial charge in [-0.05, 0) is 30.3 Å². The summed E-state index contributed by atoms with van der Waals surface area (Å²) in [5, 5.41) is 4.24. The van der Waals surface area contributed by atoms with Crippen LogP contribution in [-0.4, -0.2) is 39.0 Å². The van der Waals surface area contributed by atoms with Gasteiger partial charge in [-0.1, -0.05) is 0 Å². The molecule has 5 rings (SSSR count). The molecule has 0 saturated carbocycles. The van der Waals surface area contributed by atoms with Crippen LogP contribution in [0.1, 0.15) is 5.69 Å². The highest BCUT2D eigenvalue weighted by Gasteiger charge is 2.17. The molecule has 0 aliphatic rings. The van der Waals surface area contributed by atoms with Crippen LogP contribution in [0.15, 0.2) is 73.3 Å². The van der Waals surface area contributed by atoms with Crippen LogP contribution in [0.25, 0.3) is 22.3 Å². The number of anilines is 3. The van der Waals surface area contributed by atoms with E-state index in [0.29, 0.717) is 23.7 Å². The monoisotopic (exact) mass is 467 g/mol. The summed E-state index contributed by atoms with van der Waals surface area (Å²) in [4.78, 5) is 16.1. The average molecular weight is 468 g/mol. The van der Waals surface area contributed by atoms with Gasteiger partial charge in [0.15, 0.2) is 0 Å². The molecule has 0 spiro atoms. The second kappa shape index (κ2) is 9.30. The van der Waals surface area contributed by atoms with Crippen molar-refractivity contribution in [1.29, 1.82) is 0 Å². The van der Waals surface area contributed by atoms with Gasteiger partial charge in [0.2, 0.25) is 0 Å². The van der Waals surface area contributed by atoms with Crippen LogP contribution >= 0.6 is 0 Å². The van der Waals surface area contributed by atoms with Crippen molar-refractivity contribution in [3.63, 3.8) is 0 Å². The van der Waals surface area contributed by atoms with E-state index in [-0.39, 0.29) is 0 Å². The molecule has 0 saturated heterocycles. The molecular weight excluding hydrogens is 442 g/mol. The molecule has 0 aliphatic heterocycles. The fraction of sp³-hybridized carbons (Fsp3) is 0.154. The molecule has 2 aromatic carbocycles. The first kappa shape index (κ1) is 22.1. The number of rotatable bonds is 7. The molecule has 5 aromatic rings. The van der Waals surface area contributed by atoms with Crippen molar-refractivity contribution in [2.45, 2.75) is 6.54 Å². The Bertz CT molecular complexity index is 1480. The van der Waals surface area contributed by atoms with Gasteiger partial charge in [-0.3, -0.25) is 14.6 Å². The molecule has 2 N–H and O–H groups in total. The maximum absolute atomic E-state index is 6.25. The van der Waals surface area contributed by atoms with Crippen LogP contribution in [0, 0.1) is 0 Å². The van der Waals surface area contributed by atoms with Crippen LogP contribution in [0.4, 0.5) is 17.1 Å². The van der Waals surface area contributed by atoms with Crippen LogP contribution in [-0.2, 0) is 13.6 Å². The van der Waals surface area contributed by atoms with Gasteiger partial charge in [0.05, 0.1) is 61.3 Å². The van der Waals surface area contributed by atoms with Gasteiger partial charge in [0.1, 0.15) is 11.5 Å². The van der Waals surface area contributed by atoms with E-state index in [1.807, 2.05) is 61.8 Å². The lowest BCUT2D eigenvalue weighted by Crippen LogP contribution is -2.18. The van der Waals surface area contributed by atoms with Crippen molar-refractivity contribution < 1.29 is 9.47 Å². The van der Waals surface area contributed by atoms with Gasteiger partial charge >= 0.3 is 0 Å². The predicted molar refractivity (Wildman–Crippen MR) is 136 cm³/mol. The maximum Gasteiger partial charge on any atom is 0.124 e. The number of benzene rings is 2. The average Bonchev–Trinajstić information content (AvgIpc) is 3.33. The molecule has 0 aliphatic carbocycles. The molecule has 3 heterocycles. The minimum Gasteiger partial charge on any atom is -0.497 e. The van der Waals surface area contributed by atoms with Crippen molar-refractivity contribution in [2.24, 2.45) is 7.05 Å². The number of fused-ring (bicyclic) bond motifs is 1. The third-order valence-electron chi connectivity index (χ3n) is 5.72. The Kier molecular flexibility index (Phi) is 5.88. The number of methoxy groups -OCH3 is 2. The minimum atomic E-state index is 0.435. The van der Waals surface area contributed by atoms with Gasteiger partial charge in [-0.25, -0.2) is 4.98 Å². The van der Waals surface area contributed by atoms with E-state index in [4.69, 9.17) is 20.2 Å². The lowest BCUT2D eigenvalue weighted by atomic mass is 10.1. The zero-order valence-corrected chi connectivity index (χ0v) is 19.7. The van der Waals surface area contributed by atoms with Gasteiger partial charge in [0.25, 0.3) is 0 Å². The van der Waals surface area contributed by atoms with Crippen molar-refractivity contribution in [3.05, 3.63) is 79.0 Å². The SMILES string of the molecule is COc1cc(OC)cc(N(Cc2ncccc2N)c2ccc3ncc(-c4cnn(C)c4)nc3c2)c1. The molecule has 9 heteroatoms. The first-order valence-electron chi connectivity index (χ1n) is 11.0. The van der Waals surface area contributed by atoms with Crippen LogP contribution < -0.4 is 20.1 Å². The van der Waals surface area contributed by atoms with E-state index in [1.165, 1.54) is 0 Å². The summed E-state index contributed by atoms with van der Waals surface area (Å²) in [5.74, 6) is 1.36. The summed E-state index contributed by atoms with van der Waals surface area (Å²) in [5.41, 5.74) is 12.6. The number of ether oxygens (including phenoxy) is 2. The molecule has 176 valence electrons. The number of hydrogen-bond donors (Lipinski definition) is 1. The summed E-state index contributed by atoms with van der Waals surface area (Å²) < 4.78 is 12.8.